The van der Waals surface area contributed by atoms with Crippen LogP contribution in [0.2, 0.25) is 0 Å². The Bertz CT molecular complexity index is 682. The van der Waals surface area contributed by atoms with Crippen LogP contribution >= 0.6 is 11.5 Å². The van der Waals surface area contributed by atoms with E-state index in [9.17, 15) is 4.79 Å². The minimum absolute atomic E-state index is 0.0170. The van der Waals surface area contributed by atoms with Gasteiger partial charge in [-0.2, -0.15) is 0 Å². The molecule has 7 nitrogen and oxygen atoms in total. The summed E-state index contributed by atoms with van der Waals surface area (Å²) in [6, 6.07) is 3.89. The quantitative estimate of drug-likeness (QED) is 0.835. The van der Waals surface area contributed by atoms with Crippen LogP contribution in [0.15, 0.2) is 29.9 Å². The fraction of sp³-hybridized carbons (Fsp3) is 0.500. The van der Waals surface area contributed by atoms with Gasteiger partial charge < -0.3 is 14.4 Å². The molecule has 2 aromatic heterocycles. The van der Waals surface area contributed by atoms with Gasteiger partial charge in [-0.15, -0.1) is 5.10 Å². The van der Waals surface area contributed by atoms with Crippen LogP contribution in [0.3, 0.4) is 0 Å². The van der Waals surface area contributed by atoms with Crippen molar-refractivity contribution in [3.8, 4) is 0 Å². The number of fused-ring (bicyclic) bond motifs is 2. The highest BCUT2D eigenvalue weighted by Gasteiger charge is 2.45. The summed E-state index contributed by atoms with van der Waals surface area (Å²) in [7, 11) is 0. The third kappa shape index (κ3) is 3.04. The van der Waals surface area contributed by atoms with E-state index in [0.29, 0.717) is 25.5 Å². The zero-order valence-electron chi connectivity index (χ0n) is 13.1. The number of nitrogens with zero attached hydrogens (tertiary/aromatic N) is 4. The maximum absolute atomic E-state index is 12.7. The van der Waals surface area contributed by atoms with Crippen LogP contribution in [0.5, 0.6) is 0 Å². The molecule has 24 heavy (non-hydrogen) atoms. The summed E-state index contributed by atoms with van der Waals surface area (Å²) in [4.78, 5) is 18.7. The van der Waals surface area contributed by atoms with Gasteiger partial charge in [0.15, 0.2) is 5.69 Å². The molecule has 2 bridgehead atoms. The van der Waals surface area contributed by atoms with Gasteiger partial charge in [0, 0.05) is 24.3 Å². The highest BCUT2D eigenvalue weighted by molar-refractivity contribution is 7.03. The first-order valence-corrected chi connectivity index (χ1v) is 8.87. The van der Waals surface area contributed by atoms with Crippen molar-refractivity contribution >= 4 is 17.4 Å². The lowest BCUT2D eigenvalue weighted by molar-refractivity contribution is -0.0598. The van der Waals surface area contributed by atoms with E-state index in [1.165, 1.54) is 11.5 Å². The SMILES string of the molecule is O=C(c1csnn1)N1CCO[C@H]2CC[C@H]1[C@@H]2OCc1cccnc1. The summed E-state index contributed by atoms with van der Waals surface area (Å²) in [6.07, 6.45) is 5.24. The molecule has 2 aliphatic rings. The Balaban J connectivity index is 1.50. The molecule has 0 spiro atoms. The molecule has 1 saturated carbocycles. The minimum atomic E-state index is -0.122. The molecule has 4 rings (SSSR count). The number of carbonyl (C=O) groups excluding carboxylic acids is 1. The molecule has 0 aromatic carbocycles. The van der Waals surface area contributed by atoms with E-state index in [2.05, 4.69) is 14.6 Å². The average molecular weight is 346 g/mol. The summed E-state index contributed by atoms with van der Waals surface area (Å²) in [5.74, 6) is -0.0881. The van der Waals surface area contributed by atoms with Crippen LogP contribution in [-0.2, 0) is 16.1 Å². The van der Waals surface area contributed by atoms with E-state index in [0.717, 1.165) is 18.4 Å². The fourth-order valence-electron chi connectivity index (χ4n) is 3.44. The van der Waals surface area contributed by atoms with Gasteiger partial charge in [-0.1, -0.05) is 10.6 Å². The van der Waals surface area contributed by atoms with E-state index in [4.69, 9.17) is 9.47 Å². The van der Waals surface area contributed by atoms with Gasteiger partial charge in [-0.05, 0) is 36.0 Å². The lowest BCUT2D eigenvalue weighted by Gasteiger charge is -2.30. The molecule has 126 valence electrons. The van der Waals surface area contributed by atoms with E-state index in [1.54, 1.807) is 17.8 Å². The Labute approximate surface area is 143 Å². The maximum Gasteiger partial charge on any atom is 0.275 e. The van der Waals surface area contributed by atoms with Gasteiger partial charge in [0.1, 0.15) is 6.10 Å². The van der Waals surface area contributed by atoms with Crippen LogP contribution in [-0.4, -0.2) is 56.8 Å². The standard InChI is InChI=1S/C16H18N4O3S/c21-16(12-10-24-19-18-12)20-6-7-22-14-4-3-13(20)15(14)23-9-11-2-1-5-17-8-11/h1-2,5,8,10,13-15H,3-4,6-7,9H2/t13-,14-,15-/m0/s1. The zero-order valence-corrected chi connectivity index (χ0v) is 13.9. The van der Waals surface area contributed by atoms with Crippen molar-refractivity contribution in [2.75, 3.05) is 13.2 Å². The van der Waals surface area contributed by atoms with Gasteiger partial charge >= 0.3 is 0 Å². The number of pyridine rings is 1. The molecule has 2 fully saturated rings. The Kier molecular flexibility index (Phi) is 4.50. The first kappa shape index (κ1) is 15.6. The second kappa shape index (κ2) is 6.92. The summed E-state index contributed by atoms with van der Waals surface area (Å²) < 4.78 is 15.9. The maximum atomic E-state index is 12.7. The minimum Gasteiger partial charge on any atom is -0.374 e. The molecule has 0 N–H and O–H groups in total. The predicted octanol–water partition coefficient (Wildman–Crippen LogP) is 1.52. The number of hydrogen-bond acceptors (Lipinski definition) is 7. The lowest BCUT2D eigenvalue weighted by atomic mass is 10.1. The van der Waals surface area contributed by atoms with Gasteiger partial charge in [-0.3, -0.25) is 9.78 Å². The van der Waals surface area contributed by atoms with E-state index in [-0.39, 0.29) is 24.2 Å². The topological polar surface area (TPSA) is 77.4 Å². The first-order valence-electron chi connectivity index (χ1n) is 8.03. The summed E-state index contributed by atoms with van der Waals surface area (Å²) in [5, 5.41) is 5.60. The molecule has 1 saturated heterocycles. The third-order valence-electron chi connectivity index (χ3n) is 4.56. The second-order valence-corrected chi connectivity index (χ2v) is 6.59. The molecule has 8 heteroatoms. The molecular formula is C16H18N4O3S. The van der Waals surface area contributed by atoms with Crippen molar-refractivity contribution < 1.29 is 14.3 Å². The van der Waals surface area contributed by atoms with Crippen molar-refractivity contribution in [2.24, 2.45) is 0 Å². The molecule has 1 aliphatic heterocycles. The van der Waals surface area contributed by atoms with E-state index in [1.807, 2.05) is 17.0 Å². The average Bonchev–Trinajstić information content (AvgIpc) is 3.22. The van der Waals surface area contributed by atoms with Crippen molar-refractivity contribution in [1.29, 1.82) is 0 Å². The van der Waals surface area contributed by atoms with Crippen LogP contribution in [0.1, 0.15) is 28.9 Å². The van der Waals surface area contributed by atoms with Gasteiger partial charge in [0.2, 0.25) is 0 Å². The third-order valence-corrected chi connectivity index (χ3v) is 5.07. The predicted molar refractivity (Wildman–Crippen MR) is 86.5 cm³/mol. The summed E-state index contributed by atoms with van der Waals surface area (Å²) in [5.41, 5.74) is 1.42. The van der Waals surface area contributed by atoms with Gasteiger partial charge in [0.05, 0.1) is 25.4 Å². The van der Waals surface area contributed by atoms with Crippen LogP contribution < -0.4 is 0 Å². The smallest absolute Gasteiger partial charge is 0.275 e. The normalized spacial score (nSPS) is 26.3. The highest BCUT2D eigenvalue weighted by atomic mass is 32.1. The number of ether oxygens (including phenoxy) is 2. The first-order chi connectivity index (χ1) is 11.8. The molecule has 3 atom stereocenters. The number of amides is 1. The largest absolute Gasteiger partial charge is 0.374 e. The molecule has 1 amide bonds. The van der Waals surface area contributed by atoms with Crippen molar-refractivity contribution in [1.82, 2.24) is 19.5 Å². The zero-order chi connectivity index (χ0) is 16.4. The van der Waals surface area contributed by atoms with Crippen LogP contribution in [0.4, 0.5) is 0 Å². The molecular weight excluding hydrogens is 328 g/mol. The molecule has 1 aliphatic carbocycles. The molecule has 0 radical (unpaired) electrons. The monoisotopic (exact) mass is 346 g/mol. The Morgan fingerprint density at radius 1 is 1.46 bits per heavy atom. The fourth-order valence-corrected chi connectivity index (χ4v) is 3.87. The Hall–Kier alpha value is -1.90. The molecule has 3 heterocycles. The van der Waals surface area contributed by atoms with Crippen LogP contribution in [0.25, 0.3) is 0 Å². The number of aromatic nitrogens is 3. The highest BCUT2D eigenvalue weighted by Crippen LogP contribution is 2.33. The summed E-state index contributed by atoms with van der Waals surface area (Å²) >= 11 is 1.19. The van der Waals surface area contributed by atoms with Gasteiger partial charge in [-0.25, -0.2) is 0 Å². The lowest BCUT2D eigenvalue weighted by Crippen LogP contribution is -2.46. The summed E-state index contributed by atoms with van der Waals surface area (Å²) in [6.45, 7) is 1.55. The van der Waals surface area contributed by atoms with E-state index >= 15 is 0 Å². The Morgan fingerprint density at radius 2 is 2.42 bits per heavy atom. The second-order valence-electron chi connectivity index (χ2n) is 5.98. The molecule has 2 aromatic rings. The van der Waals surface area contributed by atoms with Crippen LogP contribution in [0, 0.1) is 0 Å². The van der Waals surface area contributed by atoms with Gasteiger partial charge in [0.25, 0.3) is 5.91 Å². The Morgan fingerprint density at radius 3 is 3.21 bits per heavy atom. The van der Waals surface area contributed by atoms with Crippen molar-refractivity contribution in [3.63, 3.8) is 0 Å². The molecule has 0 unspecified atom stereocenters. The van der Waals surface area contributed by atoms with Crippen molar-refractivity contribution in [3.05, 3.63) is 41.2 Å². The number of carbonyl (C=O) groups is 1. The number of rotatable bonds is 4. The van der Waals surface area contributed by atoms with E-state index < -0.39 is 0 Å². The van der Waals surface area contributed by atoms with Crippen molar-refractivity contribution in [2.45, 2.75) is 37.7 Å². The number of hydrogen-bond donors (Lipinski definition) is 0.